The van der Waals surface area contributed by atoms with E-state index in [-0.39, 0.29) is 71.9 Å². The van der Waals surface area contributed by atoms with Crippen LogP contribution in [-0.2, 0) is 90.5 Å². The van der Waals surface area contributed by atoms with Crippen molar-refractivity contribution >= 4 is 53.7 Å². The second kappa shape index (κ2) is 20.5. The maximum atomic E-state index is 11.9. The third kappa shape index (κ3) is 10.7. The van der Waals surface area contributed by atoms with Crippen molar-refractivity contribution in [2.75, 3.05) is 19.8 Å². The number of nitriles is 1. The van der Waals surface area contributed by atoms with Crippen LogP contribution in [0.4, 0.5) is 0 Å². The summed E-state index contributed by atoms with van der Waals surface area (Å²) in [5.41, 5.74) is -1.42. The number of fused-ring (bicyclic) bond motifs is 6. The Morgan fingerprint density at radius 3 is 2.00 bits per heavy atom. The molecule has 2 aliphatic carbocycles. The summed E-state index contributed by atoms with van der Waals surface area (Å²) in [7, 11) is 0. The van der Waals surface area contributed by atoms with Crippen molar-refractivity contribution in [3.63, 3.8) is 0 Å². The second-order valence-electron chi connectivity index (χ2n) is 18.9. The third-order valence-electron chi connectivity index (χ3n) is 13.6. The van der Waals surface area contributed by atoms with Crippen LogP contribution in [0.2, 0.25) is 0 Å². The number of rotatable bonds is 11. The van der Waals surface area contributed by atoms with Gasteiger partial charge in [0, 0.05) is 52.9 Å². The summed E-state index contributed by atoms with van der Waals surface area (Å²) in [6, 6.07) is 2.08. The Morgan fingerprint density at radius 1 is 0.824 bits per heavy atom. The molecule has 0 aromatic heterocycles. The van der Waals surface area contributed by atoms with E-state index in [1.54, 1.807) is 48.5 Å². The molecule has 4 bridgehead atoms. The molecule has 14 unspecified atom stereocenters. The molecular formula is C48H59NO19. The van der Waals surface area contributed by atoms with Gasteiger partial charge in [-0.25, -0.2) is 24.0 Å². The fraction of sp³-hybridized carbons (Fsp3) is 0.625. The molecule has 2 saturated carbocycles. The highest BCUT2D eigenvalue weighted by molar-refractivity contribution is 5.90. The van der Waals surface area contributed by atoms with Gasteiger partial charge in [-0.05, 0) is 68.2 Å². The number of hydrogen-bond donors (Lipinski definition) is 0. The largest absolute Gasteiger partial charge is 0.465 e. The van der Waals surface area contributed by atoms with Gasteiger partial charge in [0.15, 0.2) is 17.6 Å². The normalized spacial score (nSPS) is 35.0. The standard InChI is InChI=1S/C15H15NO6.C12H14O5.C11H16O4.C10H14O4/c1-7(2)13(18)20-5-10(17)21-11-8-3-9-12(11)22-14(19)15(9,4-8)6-16;1-5(2)11(13)17-8-3-7-9-6(10(8)16-7)4-15-12(9)14;1-7(2)9(12)15-8(3)11(4)5-6-14-10(11)13;1-6(2)9(12)14-10(4)5-8(11)13-7(10)3/h8-9,11-12H,1,3-5H2,2H3;6-10H,1,3-4H2,2H3;8H,1,5-6H2,2-4H3;7H,1,5H2,2-4H3. The van der Waals surface area contributed by atoms with E-state index in [2.05, 4.69) is 32.4 Å². The molecule has 0 spiro atoms. The average Bonchev–Trinajstić information content (AvgIpc) is 4.15. The lowest BCUT2D eigenvalue weighted by molar-refractivity contribution is -0.168. The first-order chi connectivity index (χ1) is 31.7. The first-order valence-electron chi connectivity index (χ1n) is 22.1. The van der Waals surface area contributed by atoms with Gasteiger partial charge in [-0.2, -0.15) is 5.26 Å². The predicted molar refractivity (Wildman–Crippen MR) is 229 cm³/mol. The Balaban J connectivity index is 0.000000172. The van der Waals surface area contributed by atoms with E-state index in [4.69, 9.17) is 47.4 Å². The summed E-state index contributed by atoms with van der Waals surface area (Å²) in [6.45, 7) is 27.2. The van der Waals surface area contributed by atoms with Crippen LogP contribution in [0.25, 0.3) is 0 Å². The van der Waals surface area contributed by atoms with Crippen LogP contribution in [0.15, 0.2) is 48.6 Å². The SMILES string of the molecule is C=C(C)C(=O)OC(C)C1(C)CCOC1=O.C=C(C)C(=O)OC1(C)CC(=O)OC1C.C=C(C)C(=O)OC1CC2OC1C1COC(=O)C21.C=C(C)C(=O)OCC(=O)OC1C2CC3C1OC(=O)C3(C#N)C2. The molecule has 370 valence electrons. The highest BCUT2D eigenvalue weighted by Gasteiger charge is 2.72. The molecule has 0 aromatic rings. The number of hydrogen-bond acceptors (Lipinski definition) is 20. The fourth-order valence-corrected chi connectivity index (χ4v) is 9.27. The molecule has 6 aliphatic heterocycles. The smallest absolute Gasteiger partial charge is 0.344 e. The molecule has 20 heteroatoms. The van der Waals surface area contributed by atoms with Crippen LogP contribution < -0.4 is 0 Å². The van der Waals surface area contributed by atoms with Crippen molar-refractivity contribution in [1.82, 2.24) is 0 Å². The van der Waals surface area contributed by atoms with Crippen molar-refractivity contribution in [3.8, 4) is 6.07 Å². The van der Waals surface area contributed by atoms with Crippen LogP contribution in [0, 0.1) is 45.8 Å². The molecule has 68 heavy (non-hydrogen) atoms. The summed E-state index contributed by atoms with van der Waals surface area (Å²) in [4.78, 5) is 103. The van der Waals surface area contributed by atoms with E-state index >= 15 is 0 Å². The first-order valence-corrected chi connectivity index (χ1v) is 22.1. The minimum absolute atomic E-state index is 0.0455. The Kier molecular flexibility index (Phi) is 15.8. The van der Waals surface area contributed by atoms with Crippen molar-refractivity contribution in [2.24, 2.45) is 34.5 Å². The number of carbonyl (C=O) groups is 9. The van der Waals surface area contributed by atoms with E-state index in [9.17, 15) is 48.4 Å². The molecule has 0 aromatic carbocycles. The number of cyclic esters (lactones) is 3. The molecule has 0 N–H and O–H groups in total. The Hall–Kier alpha value is -6.36. The zero-order valence-electron chi connectivity index (χ0n) is 39.5. The van der Waals surface area contributed by atoms with E-state index in [1.165, 1.54) is 6.92 Å². The Morgan fingerprint density at radius 2 is 1.46 bits per heavy atom. The minimum Gasteiger partial charge on any atom is -0.465 e. The zero-order valence-corrected chi connectivity index (χ0v) is 39.5. The third-order valence-corrected chi connectivity index (χ3v) is 13.6. The summed E-state index contributed by atoms with van der Waals surface area (Å²) >= 11 is 0. The van der Waals surface area contributed by atoms with E-state index in [0.717, 1.165) is 0 Å². The maximum Gasteiger partial charge on any atom is 0.344 e. The first kappa shape index (κ1) is 52.6. The molecule has 8 rings (SSSR count). The van der Waals surface area contributed by atoms with Crippen LogP contribution >= 0.6 is 0 Å². The second-order valence-corrected chi connectivity index (χ2v) is 18.9. The van der Waals surface area contributed by atoms with Crippen molar-refractivity contribution < 1.29 is 90.5 Å². The van der Waals surface area contributed by atoms with Gasteiger partial charge in [0.05, 0.1) is 37.7 Å². The minimum atomic E-state index is -1.06. The quantitative estimate of drug-likeness (QED) is 0.163. The molecular weight excluding hydrogens is 895 g/mol. The van der Waals surface area contributed by atoms with E-state index in [0.29, 0.717) is 55.6 Å². The lowest BCUT2D eigenvalue weighted by Gasteiger charge is -2.27. The zero-order chi connectivity index (χ0) is 50.8. The van der Waals surface area contributed by atoms with Crippen LogP contribution in [0.3, 0.4) is 0 Å². The molecule has 0 amide bonds. The number of carbonyl (C=O) groups excluding carboxylic acids is 9. The lowest BCUT2D eigenvalue weighted by Crippen LogP contribution is -2.40. The fourth-order valence-electron chi connectivity index (χ4n) is 9.27. The summed E-state index contributed by atoms with van der Waals surface area (Å²) in [5.74, 6) is -4.44. The molecule has 14 atom stereocenters. The van der Waals surface area contributed by atoms with Gasteiger partial charge < -0.3 is 47.4 Å². The predicted octanol–water partition coefficient (Wildman–Crippen LogP) is 3.57. The van der Waals surface area contributed by atoms with Crippen LogP contribution in [0.1, 0.15) is 87.5 Å². The van der Waals surface area contributed by atoms with Gasteiger partial charge in [-0.3, -0.25) is 19.2 Å². The molecule has 0 radical (unpaired) electrons. The molecule has 6 heterocycles. The monoisotopic (exact) mass is 953 g/mol. The number of ether oxygens (including phenoxy) is 10. The van der Waals surface area contributed by atoms with Crippen molar-refractivity contribution in [1.29, 1.82) is 5.26 Å². The van der Waals surface area contributed by atoms with Gasteiger partial charge >= 0.3 is 53.7 Å². The lowest BCUT2D eigenvalue weighted by atomic mass is 9.75. The van der Waals surface area contributed by atoms with Crippen LogP contribution in [-0.4, -0.2) is 122 Å². The van der Waals surface area contributed by atoms with Crippen LogP contribution in [0.5, 0.6) is 0 Å². The van der Waals surface area contributed by atoms with Gasteiger partial charge in [0.25, 0.3) is 0 Å². The molecule has 20 nitrogen and oxygen atoms in total. The van der Waals surface area contributed by atoms with E-state index < -0.39 is 83.3 Å². The van der Waals surface area contributed by atoms with E-state index in [1.807, 2.05) is 0 Å². The Bertz CT molecular complexity index is 2220. The van der Waals surface area contributed by atoms with Gasteiger partial charge in [0.2, 0.25) is 0 Å². The highest BCUT2D eigenvalue weighted by Crippen LogP contribution is 2.62. The number of nitrogens with zero attached hydrogens (tertiary/aromatic N) is 1. The highest BCUT2D eigenvalue weighted by atomic mass is 16.6. The van der Waals surface area contributed by atoms with Crippen molar-refractivity contribution in [3.05, 3.63) is 48.6 Å². The maximum absolute atomic E-state index is 11.9. The summed E-state index contributed by atoms with van der Waals surface area (Å²) in [6.07, 6.45) is -0.373. The summed E-state index contributed by atoms with van der Waals surface area (Å²) < 4.78 is 51.4. The summed E-state index contributed by atoms with van der Waals surface area (Å²) in [5, 5.41) is 9.28. The molecule has 8 aliphatic rings. The van der Waals surface area contributed by atoms with Crippen molar-refractivity contribution in [2.45, 2.75) is 136 Å². The topological polar surface area (TPSA) is 270 Å². The van der Waals surface area contributed by atoms with Gasteiger partial charge in [-0.1, -0.05) is 26.3 Å². The number of esters is 9. The van der Waals surface area contributed by atoms with Gasteiger partial charge in [0.1, 0.15) is 42.0 Å². The van der Waals surface area contributed by atoms with Gasteiger partial charge in [-0.15, -0.1) is 0 Å². The Labute approximate surface area is 393 Å². The molecule has 6 saturated heterocycles. The average molecular weight is 954 g/mol. The molecule has 8 fully saturated rings.